The van der Waals surface area contributed by atoms with Crippen LogP contribution in [0.1, 0.15) is 32.6 Å². The Bertz CT molecular complexity index is 266. The molecule has 100 valence electrons. The van der Waals surface area contributed by atoms with Crippen LogP contribution in [-0.2, 0) is 4.79 Å². The lowest BCUT2D eigenvalue weighted by atomic mass is 10.0. The van der Waals surface area contributed by atoms with Gasteiger partial charge in [-0.05, 0) is 32.7 Å². The number of nitrogens with one attached hydrogen (secondary N) is 1. The van der Waals surface area contributed by atoms with Crippen LogP contribution in [0, 0.1) is 0 Å². The molecule has 0 fully saturated rings. The minimum absolute atomic E-state index is 0.0272. The lowest BCUT2D eigenvalue weighted by molar-refractivity contribution is -0.205. The van der Waals surface area contributed by atoms with Gasteiger partial charge in [0.2, 0.25) is 5.54 Å². The molecule has 0 aliphatic heterocycles. The molecule has 0 aromatic rings. The lowest BCUT2D eigenvalue weighted by Gasteiger charge is -2.28. The molecule has 0 saturated heterocycles. The molecular formula is C11H18F3NO2. The summed E-state index contributed by atoms with van der Waals surface area (Å²) >= 11 is 0. The minimum Gasteiger partial charge on any atom is -0.480 e. The number of hydrogen-bond donors (Lipinski definition) is 2. The van der Waals surface area contributed by atoms with Crippen molar-refractivity contribution in [2.45, 2.75) is 44.3 Å². The van der Waals surface area contributed by atoms with Gasteiger partial charge in [0.1, 0.15) is 0 Å². The molecule has 3 nitrogen and oxygen atoms in total. The summed E-state index contributed by atoms with van der Waals surface area (Å²) in [7, 11) is 0. The monoisotopic (exact) mass is 253 g/mol. The van der Waals surface area contributed by atoms with Gasteiger partial charge in [0.15, 0.2) is 0 Å². The topological polar surface area (TPSA) is 49.3 Å². The Morgan fingerprint density at radius 1 is 1.35 bits per heavy atom. The highest BCUT2D eigenvalue weighted by atomic mass is 19.4. The van der Waals surface area contributed by atoms with E-state index in [1.165, 1.54) is 0 Å². The molecule has 0 radical (unpaired) electrons. The first-order valence-corrected chi connectivity index (χ1v) is 5.41. The van der Waals surface area contributed by atoms with Crippen LogP contribution < -0.4 is 5.32 Å². The van der Waals surface area contributed by atoms with Gasteiger partial charge >= 0.3 is 12.1 Å². The molecule has 1 unspecified atom stereocenters. The fourth-order valence-electron chi connectivity index (χ4n) is 1.23. The standard InChI is InChI=1S/C11H18F3NO2/c1-3-4-5-6-7-8-15-10(2,9(16)17)11(12,13)14/h3,15H,1,4-8H2,2H3,(H,16,17). The quantitative estimate of drug-likeness (QED) is 0.516. The summed E-state index contributed by atoms with van der Waals surface area (Å²) < 4.78 is 37.6. The molecule has 0 rings (SSSR count). The number of hydrogen-bond acceptors (Lipinski definition) is 2. The summed E-state index contributed by atoms with van der Waals surface area (Å²) in [5, 5.41) is 10.7. The van der Waals surface area contributed by atoms with Crippen LogP contribution >= 0.6 is 0 Å². The fraction of sp³-hybridized carbons (Fsp3) is 0.727. The summed E-state index contributed by atoms with van der Waals surface area (Å²) in [6.07, 6.45) is -0.153. The number of alkyl halides is 3. The van der Waals surface area contributed by atoms with Gasteiger partial charge in [-0.25, -0.2) is 4.79 Å². The van der Waals surface area contributed by atoms with Gasteiger partial charge in [0.25, 0.3) is 0 Å². The van der Waals surface area contributed by atoms with Crippen LogP contribution in [-0.4, -0.2) is 29.3 Å². The van der Waals surface area contributed by atoms with Crippen molar-refractivity contribution >= 4 is 5.97 Å². The zero-order chi connectivity index (χ0) is 13.5. The van der Waals surface area contributed by atoms with Crippen LogP contribution in [0.15, 0.2) is 12.7 Å². The first-order chi connectivity index (χ1) is 7.75. The van der Waals surface area contributed by atoms with Crippen molar-refractivity contribution in [1.29, 1.82) is 0 Å². The van der Waals surface area contributed by atoms with E-state index in [2.05, 4.69) is 11.9 Å². The number of allylic oxidation sites excluding steroid dienone is 1. The highest BCUT2D eigenvalue weighted by molar-refractivity contribution is 5.79. The van der Waals surface area contributed by atoms with Crippen molar-refractivity contribution in [1.82, 2.24) is 5.32 Å². The van der Waals surface area contributed by atoms with E-state index in [1.807, 2.05) is 0 Å². The van der Waals surface area contributed by atoms with E-state index in [4.69, 9.17) is 5.11 Å². The molecule has 6 heteroatoms. The van der Waals surface area contributed by atoms with Crippen molar-refractivity contribution in [3.63, 3.8) is 0 Å². The van der Waals surface area contributed by atoms with Crippen LogP contribution in [0.4, 0.5) is 13.2 Å². The normalized spacial score (nSPS) is 15.3. The van der Waals surface area contributed by atoms with E-state index in [9.17, 15) is 18.0 Å². The average Bonchev–Trinajstić information content (AvgIpc) is 2.20. The molecule has 0 aromatic carbocycles. The van der Waals surface area contributed by atoms with Crippen molar-refractivity contribution in [2.24, 2.45) is 0 Å². The van der Waals surface area contributed by atoms with Crippen LogP contribution in [0.3, 0.4) is 0 Å². The first kappa shape index (κ1) is 16.0. The number of halogens is 3. The van der Waals surface area contributed by atoms with E-state index in [0.29, 0.717) is 13.3 Å². The van der Waals surface area contributed by atoms with Crippen molar-refractivity contribution < 1.29 is 23.1 Å². The number of unbranched alkanes of at least 4 members (excludes halogenated alkanes) is 3. The van der Waals surface area contributed by atoms with Crippen LogP contribution in [0.5, 0.6) is 0 Å². The molecule has 17 heavy (non-hydrogen) atoms. The molecule has 0 aliphatic carbocycles. The number of carboxylic acid groups (broad SMARTS) is 1. The maximum Gasteiger partial charge on any atom is 0.417 e. The summed E-state index contributed by atoms with van der Waals surface area (Å²) in [4.78, 5) is 10.6. The fourth-order valence-corrected chi connectivity index (χ4v) is 1.23. The molecule has 0 heterocycles. The second-order valence-electron chi connectivity index (χ2n) is 3.99. The third-order valence-electron chi connectivity index (χ3n) is 2.56. The SMILES string of the molecule is C=CCCCCCNC(C)(C(=O)O)C(F)(F)F. The smallest absolute Gasteiger partial charge is 0.417 e. The number of aliphatic carboxylic acids is 1. The molecule has 0 aliphatic rings. The van der Waals surface area contributed by atoms with E-state index in [1.54, 1.807) is 6.08 Å². The molecule has 0 amide bonds. The van der Waals surface area contributed by atoms with Crippen molar-refractivity contribution in [2.75, 3.05) is 6.54 Å². The predicted octanol–water partition coefficient (Wildman–Crippen LogP) is 2.73. The van der Waals surface area contributed by atoms with Gasteiger partial charge in [-0.1, -0.05) is 12.5 Å². The number of rotatable bonds is 8. The maximum absolute atomic E-state index is 12.5. The van der Waals surface area contributed by atoms with Gasteiger partial charge in [-0.15, -0.1) is 6.58 Å². The van der Waals surface area contributed by atoms with Gasteiger partial charge in [-0.2, -0.15) is 13.2 Å². The summed E-state index contributed by atoms with van der Waals surface area (Å²) in [5.41, 5.74) is -2.87. The Labute approximate surface area is 98.7 Å². The molecule has 0 spiro atoms. The first-order valence-electron chi connectivity index (χ1n) is 5.41. The third kappa shape index (κ3) is 4.77. The zero-order valence-electron chi connectivity index (χ0n) is 9.81. The van der Waals surface area contributed by atoms with E-state index in [0.717, 1.165) is 19.3 Å². The maximum atomic E-state index is 12.5. The predicted molar refractivity (Wildman–Crippen MR) is 58.8 cm³/mol. The number of carbonyl (C=O) groups is 1. The molecule has 2 N–H and O–H groups in total. The molecule has 0 saturated carbocycles. The van der Waals surface area contributed by atoms with Gasteiger partial charge in [-0.3, -0.25) is 5.32 Å². The summed E-state index contributed by atoms with van der Waals surface area (Å²) in [5.74, 6) is -1.91. The van der Waals surface area contributed by atoms with Crippen LogP contribution in [0.25, 0.3) is 0 Å². The van der Waals surface area contributed by atoms with E-state index < -0.39 is 17.7 Å². The highest BCUT2D eigenvalue weighted by Crippen LogP contribution is 2.30. The Hall–Kier alpha value is -1.04. The average molecular weight is 253 g/mol. The van der Waals surface area contributed by atoms with E-state index >= 15 is 0 Å². The zero-order valence-corrected chi connectivity index (χ0v) is 9.81. The Morgan fingerprint density at radius 3 is 2.35 bits per heavy atom. The van der Waals surface area contributed by atoms with Gasteiger partial charge in [0.05, 0.1) is 0 Å². The Morgan fingerprint density at radius 2 is 1.94 bits per heavy atom. The minimum atomic E-state index is -4.81. The molecule has 1 atom stereocenters. The van der Waals surface area contributed by atoms with Crippen molar-refractivity contribution in [3.8, 4) is 0 Å². The number of carboxylic acids is 1. The van der Waals surface area contributed by atoms with Gasteiger partial charge in [0, 0.05) is 0 Å². The second-order valence-corrected chi connectivity index (χ2v) is 3.99. The second kappa shape index (κ2) is 6.64. The largest absolute Gasteiger partial charge is 0.480 e. The molecule has 0 bridgehead atoms. The molecule has 0 aromatic heterocycles. The van der Waals surface area contributed by atoms with Crippen LogP contribution in [0.2, 0.25) is 0 Å². The van der Waals surface area contributed by atoms with E-state index in [-0.39, 0.29) is 6.54 Å². The summed E-state index contributed by atoms with van der Waals surface area (Å²) in [6.45, 7) is 4.20. The lowest BCUT2D eigenvalue weighted by Crippen LogP contribution is -2.60. The van der Waals surface area contributed by atoms with Gasteiger partial charge < -0.3 is 5.11 Å². The Kier molecular flexibility index (Phi) is 6.23. The third-order valence-corrected chi connectivity index (χ3v) is 2.56. The summed E-state index contributed by atoms with van der Waals surface area (Å²) in [6, 6.07) is 0. The molecular weight excluding hydrogens is 235 g/mol. The highest BCUT2D eigenvalue weighted by Gasteiger charge is 2.56. The Balaban J connectivity index is 4.12. The van der Waals surface area contributed by atoms with Crippen molar-refractivity contribution in [3.05, 3.63) is 12.7 Å².